The van der Waals surface area contributed by atoms with Crippen molar-refractivity contribution in [3.05, 3.63) is 130 Å². The molecule has 0 heterocycles. The summed E-state index contributed by atoms with van der Waals surface area (Å²) in [6.45, 7) is 5.73. The van der Waals surface area contributed by atoms with E-state index in [0.29, 0.717) is 17.3 Å². The summed E-state index contributed by atoms with van der Waals surface area (Å²) in [6, 6.07) is 29.1. The highest BCUT2D eigenvalue weighted by atomic mass is 35.5. The normalized spacial score (nSPS) is 11.9. The number of carbonyl (C=O) groups is 2. The third-order valence-corrected chi connectivity index (χ3v) is 9.57. The first-order valence-electron chi connectivity index (χ1n) is 14.6. The molecule has 0 spiro atoms. The summed E-state index contributed by atoms with van der Waals surface area (Å²) in [5.41, 5.74) is 3.67. The Hall–Kier alpha value is -4.14. The second-order valence-corrected chi connectivity index (χ2v) is 13.0. The number of benzene rings is 4. The fraction of sp³-hybridized carbons (Fsp3) is 0.257. The van der Waals surface area contributed by atoms with Crippen LogP contribution in [-0.4, -0.2) is 44.3 Å². The lowest BCUT2D eigenvalue weighted by Gasteiger charge is -2.34. The van der Waals surface area contributed by atoms with Crippen LogP contribution < -0.4 is 9.62 Å². The lowest BCUT2D eigenvalue weighted by atomic mass is 10.0. The number of nitrogens with zero attached hydrogens (tertiary/aromatic N) is 2. The Kier molecular flexibility index (Phi) is 11.2. The van der Waals surface area contributed by atoms with Gasteiger partial charge in [-0.1, -0.05) is 91.3 Å². The van der Waals surface area contributed by atoms with Crippen molar-refractivity contribution in [1.82, 2.24) is 10.2 Å². The van der Waals surface area contributed by atoms with Gasteiger partial charge in [-0.05, 0) is 72.9 Å². The maximum Gasteiger partial charge on any atom is 0.264 e. The molecule has 9 heteroatoms. The SMILES string of the molecule is CCCNC(=O)C(Cc1ccccc1)N(Cc1ccc(Cl)cc1)C(=O)CN(c1cccc(C)c1C)S(=O)(=O)c1ccccc1. The van der Waals surface area contributed by atoms with Crippen LogP contribution in [0.25, 0.3) is 0 Å². The van der Waals surface area contributed by atoms with E-state index in [0.717, 1.165) is 33.0 Å². The molecule has 1 unspecified atom stereocenters. The van der Waals surface area contributed by atoms with E-state index in [4.69, 9.17) is 11.6 Å². The van der Waals surface area contributed by atoms with Gasteiger partial charge in [0.25, 0.3) is 10.0 Å². The van der Waals surface area contributed by atoms with Gasteiger partial charge in [-0.15, -0.1) is 0 Å². The minimum absolute atomic E-state index is 0.0690. The average Bonchev–Trinajstić information content (AvgIpc) is 3.03. The summed E-state index contributed by atoms with van der Waals surface area (Å²) >= 11 is 6.14. The van der Waals surface area contributed by atoms with E-state index in [2.05, 4.69) is 5.32 Å². The molecule has 1 atom stereocenters. The van der Waals surface area contributed by atoms with Gasteiger partial charge in [-0.2, -0.15) is 0 Å². The van der Waals surface area contributed by atoms with E-state index in [1.165, 1.54) is 17.0 Å². The van der Waals surface area contributed by atoms with Gasteiger partial charge in [-0.25, -0.2) is 8.42 Å². The van der Waals surface area contributed by atoms with E-state index in [-0.39, 0.29) is 23.8 Å². The van der Waals surface area contributed by atoms with Gasteiger partial charge in [-0.3, -0.25) is 13.9 Å². The molecule has 0 saturated carbocycles. The highest BCUT2D eigenvalue weighted by Gasteiger charge is 2.35. The molecule has 0 aromatic heterocycles. The predicted molar refractivity (Wildman–Crippen MR) is 176 cm³/mol. The molecule has 0 aliphatic rings. The number of nitrogens with one attached hydrogen (secondary N) is 1. The molecule has 4 aromatic carbocycles. The largest absolute Gasteiger partial charge is 0.354 e. The van der Waals surface area contributed by atoms with Crippen LogP contribution in [0.4, 0.5) is 5.69 Å². The van der Waals surface area contributed by atoms with E-state index < -0.39 is 28.5 Å². The topological polar surface area (TPSA) is 86.8 Å². The fourth-order valence-corrected chi connectivity index (χ4v) is 6.56. The summed E-state index contributed by atoms with van der Waals surface area (Å²) in [6.07, 6.45) is 0.981. The number of carbonyl (C=O) groups excluding carboxylic acids is 2. The van der Waals surface area contributed by atoms with Crippen molar-refractivity contribution in [2.75, 3.05) is 17.4 Å². The van der Waals surface area contributed by atoms with Gasteiger partial charge in [0.05, 0.1) is 10.6 Å². The third-order valence-electron chi connectivity index (χ3n) is 7.54. The monoisotopic (exact) mass is 631 g/mol. The van der Waals surface area contributed by atoms with Crippen molar-refractivity contribution in [2.24, 2.45) is 0 Å². The van der Waals surface area contributed by atoms with Crippen LogP contribution in [0.2, 0.25) is 5.02 Å². The van der Waals surface area contributed by atoms with Crippen LogP contribution in [0.1, 0.15) is 35.6 Å². The smallest absolute Gasteiger partial charge is 0.264 e. The molecule has 0 aliphatic carbocycles. The van der Waals surface area contributed by atoms with Crippen LogP contribution >= 0.6 is 11.6 Å². The van der Waals surface area contributed by atoms with Gasteiger partial charge in [0.15, 0.2) is 0 Å². The number of hydrogen-bond acceptors (Lipinski definition) is 4. The number of halogens is 1. The molecule has 0 bridgehead atoms. The van der Waals surface area contributed by atoms with Gasteiger partial charge < -0.3 is 10.2 Å². The van der Waals surface area contributed by atoms with E-state index >= 15 is 0 Å². The van der Waals surface area contributed by atoms with Crippen LogP contribution in [0.5, 0.6) is 0 Å². The van der Waals surface area contributed by atoms with E-state index in [1.54, 1.807) is 54.6 Å². The number of sulfonamides is 1. The Morgan fingerprint density at radius 1 is 0.818 bits per heavy atom. The number of anilines is 1. The van der Waals surface area contributed by atoms with E-state index in [1.807, 2.05) is 57.2 Å². The van der Waals surface area contributed by atoms with E-state index in [9.17, 15) is 18.0 Å². The van der Waals surface area contributed by atoms with Crippen molar-refractivity contribution in [2.45, 2.75) is 51.1 Å². The third kappa shape index (κ3) is 8.07. The Balaban J connectivity index is 1.81. The zero-order chi connectivity index (χ0) is 31.7. The Morgan fingerprint density at radius 3 is 2.09 bits per heavy atom. The lowest BCUT2D eigenvalue weighted by Crippen LogP contribution is -2.53. The van der Waals surface area contributed by atoms with Crippen LogP contribution in [0, 0.1) is 13.8 Å². The molecular weight excluding hydrogens is 594 g/mol. The maximum absolute atomic E-state index is 14.5. The number of aryl methyl sites for hydroxylation is 1. The Morgan fingerprint density at radius 2 is 1.45 bits per heavy atom. The van der Waals surface area contributed by atoms with Crippen molar-refractivity contribution in [3.63, 3.8) is 0 Å². The summed E-state index contributed by atoms with van der Waals surface area (Å²) < 4.78 is 29.5. The first-order chi connectivity index (χ1) is 21.1. The molecule has 44 heavy (non-hydrogen) atoms. The molecule has 7 nitrogen and oxygen atoms in total. The number of amides is 2. The highest BCUT2D eigenvalue weighted by molar-refractivity contribution is 7.92. The van der Waals surface area contributed by atoms with Crippen LogP contribution in [0.15, 0.2) is 108 Å². The standard InChI is InChI=1S/C35H38ClN3O4S/c1-4-22-37-35(41)33(23-28-13-7-5-8-14-28)38(24-29-18-20-30(36)21-19-29)34(40)25-39(32-17-11-12-26(2)27(32)3)44(42,43)31-15-9-6-10-16-31/h5-21,33H,4,22-25H2,1-3H3,(H,37,41). The molecule has 0 aliphatic heterocycles. The number of rotatable bonds is 13. The second kappa shape index (κ2) is 15.0. The average molecular weight is 632 g/mol. The van der Waals surface area contributed by atoms with Gasteiger partial charge in [0.1, 0.15) is 12.6 Å². The van der Waals surface area contributed by atoms with Crippen LogP contribution in [-0.2, 0) is 32.6 Å². The first-order valence-corrected chi connectivity index (χ1v) is 16.4. The molecule has 0 saturated heterocycles. The van der Waals surface area contributed by atoms with Gasteiger partial charge in [0.2, 0.25) is 11.8 Å². The maximum atomic E-state index is 14.5. The van der Waals surface area contributed by atoms with Crippen LogP contribution in [0.3, 0.4) is 0 Å². The highest BCUT2D eigenvalue weighted by Crippen LogP contribution is 2.29. The molecule has 0 radical (unpaired) electrons. The second-order valence-electron chi connectivity index (χ2n) is 10.7. The molecular formula is C35H38ClN3O4S. The van der Waals surface area contributed by atoms with Gasteiger partial charge >= 0.3 is 0 Å². The van der Waals surface area contributed by atoms with Crippen molar-refractivity contribution in [3.8, 4) is 0 Å². The Bertz CT molecular complexity index is 1660. The Labute approximate surface area is 265 Å². The molecule has 0 fully saturated rings. The summed E-state index contributed by atoms with van der Waals surface area (Å²) in [4.78, 5) is 29.8. The predicted octanol–water partition coefficient (Wildman–Crippen LogP) is 6.32. The zero-order valence-corrected chi connectivity index (χ0v) is 26.8. The fourth-order valence-electron chi connectivity index (χ4n) is 4.95. The summed E-state index contributed by atoms with van der Waals surface area (Å²) in [5, 5.41) is 3.50. The minimum Gasteiger partial charge on any atom is -0.354 e. The van der Waals surface area contributed by atoms with Crippen molar-refractivity contribution < 1.29 is 18.0 Å². The quantitative estimate of drug-likeness (QED) is 0.187. The molecule has 1 N–H and O–H groups in total. The molecule has 4 rings (SSSR count). The molecule has 2 amide bonds. The van der Waals surface area contributed by atoms with Gasteiger partial charge in [0, 0.05) is 24.5 Å². The first kappa shape index (κ1) is 32.8. The lowest BCUT2D eigenvalue weighted by molar-refractivity contribution is -0.140. The van der Waals surface area contributed by atoms with Crippen molar-refractivity contribution >= 4 is 39.1 Å². The molecule has 4 aromatic rings. The number of hydrogen-bond donors (Lipinski definition) is 1. The zero-order valence-electron chi connectivity index (χ0n) is 25.2. The van der Waals surface area contributed by atoms with Crippen molar-refractivity contribution in [1.29, 1.82) is 0 Å². The molecule has 230 valence electrons. The summed E-state index contributed by atoms with van der Waals surface area (Å²) in [7, 11) is -4.15. The summed E-state index contributed by atoms with van der Waals surface area (Å²) in [5.74, 6) is -0.810. The minimum atomic E-state index is -4.15.